The first-order valence-electron chi connectivity index (χ1n) is 6.41. The molecule has 0 aromatic heterocycles. The number of hydrogen-bond donors (Lipinski definition) is 2. The van der Waals surface area contributed by atoms with Gasteiger partial charge < -0.3 is 15.0 Å². The number of rotatable bonds is 3. The van der Waals surface area contributed by atoms with Crippen LogP contribution in [-0.2, 0) is 11.3 Å². The number of nitrogens with one attached hydrogen (secondary N) is 2. The standard InChI is InChI=1S/C14H17N3O2/c1-19-11-4-2-10(3-5-11)8-17-9-14(13(17)15)7-6-12(18)16-14/h2-5,15H,6-9H2,1H3,(H,16,18). The number of benzene rings is 1. The highest BCUT2D eigenvalue weighted by atomic mass is 16.5. The lowest BCUT2D eigenvalue weighted by Crippen LogP contribution is -2.70. The molecule has 0 bridgehead atoms. The maximum atomic E-state index is 11.3. The third-order valence-electron chi connectivity index (χ3n) is 3.92. The van der Waals surface area contributed by atoms with E-state index < -0.39 is 0 Å². The first-order valence-corrected chi connectivity index (χ1v) is 6.41. The minimum atomic E-state index is -0.371. The maximum absolute atomic E-state index is 11.3. The summed E-state index contributed by atoms with van der Waals surface area (Å²) in [5.41, 5.74) is 0.772. The number of carbonyl (C=O) groups is 1. The lowest BCUT2D eigenvalue weighted by Gasteiger charge is -2.49. The highest BCUT2D eigenvalue weighted by Gasteiger charge is 2.52. The van der Waals surface area contributed by atoms with Gasteiger partial charge in [0.25, 0.3) is 0 Å². The first-order chi connectivity index (χ1) is 9.13. The third kappa shape index (κ3) is 1.95. The molecule has 5 heteroatoms. The average molecular weight is 259 g/mol. The minimum absolute atomic E-state index is 0.0637. The summed E-state index contributed by atoms with van der Waals surface area (Å²) in [5.74, 6) is 1.44. The van der Waals surface area contributed by atoms with Gasteiger partial charge in [0.05, 0.1) is 7.11 Å². The van der Waals surface area contributed by atoms with Crippen molar-refractivity contribution in [3.8, 4) is 5.75 Å². The van der Waals surface area contributed by atoms with E-state index in [2.05, 4.69) is 5.32 Å². The van der Waals surface area contributed by atoms with Crippen molar-refractivity contribution in [3.63, 3.8) is 0 Å². The summed E-state index contributed by atoms with van der Waals surface area (Å²) in [6.45, 7) is 1.45. The maximum Gasteiger partial charge on any atom is 0.220 e. The summed E-state index contributed by atoms with van der Waals surface area (Å²) >= 11 is 0. The van der Waals surface area contributed by atoms with E-state index in [4.69, 9.17) is 10.1 Å². The van der Waals surface area contributed by atoms with Crippen LogP contribution in [0.1, 0.15) is 18.4 Å². The van der Waals surface area contributed by atoms with Gasteiger partial charge in [0.1, 0.15) is 17.1 Å². The van der Waals surface area contributed by atoms with Gasteiger partial charge in [-0.1, -0.05) is 12.1 Å². The van der Waals surface area contributed by atoms with Gasteiger partial charge in [-0.15, -0.1) is 0 Å². The van der Waals surface area contributed by atoms with Gasteiger partial charge in [-0.25, -0.2) is 0 Å². The average Bonchev–Trinajstić information content (AvgIpc) is 2.83. The molecule has 1 spiro atoms. The Hall–Kier alpha value is -2.04. The predicted molar refractivity (Wildman–Crippen MR) is 71.2 cm³/mol. The van der Waals surface area contributed by atoms with Gasteiger partial charge in [-0.05, 0) is 24.1 Å². The molecule has 5 nitrogen and oxygen atoms in total. The fourth-order valence-electron chi connectivity index (χ4n) is 2.79. The highest BCUT2D eigenvalue weighted by Crippen LogP contribution is 2.33. The summed E-state index contributed by atoms with van der Waals surface area (Å²) in [5, 5.41) is 11.1. The Balaban J connectivity index is 1.63. The molecule has 1 atom stereocenters. The Bertz CT molecular complexity index is 526. The number of likely N-dealkylation sites (tertiary alicyclic amines) is 1. The number of carbonyl (C=O) groups excluding carboxylic acids is 1. The number of amides is 1. The van der Waals surface area contributed by atoms with Crippen molar-refractivity contribution < 1.29 is 9.53 Å². The van der Waals surface area contributed by atoms with Gasteiger partial charge in [0.15, 0.2) is 0 Å². The second-order valence-electron chi connectivity index (χ2n) is 5.18. The van der Waals surface area contributed by atoms with Crippen LogP contribution in [0.25, 0.3) is 0 Å². The molecule has 0 saturated carbocycles. The van der Waals surface area contributed by atoms with Crippen molar-refractivity contribution in [2.45, 2.75) is 24.9 Å². The zero-order chi connectivity index (χ0) is 13.5. The second-order valence-corrected chi connectivity index (χ2v) is 5.18. The number of methoxy groups -OCH3 is 1. The van der Waals surface area contributed by atoms with Crippen molar-refractivity contribution in [1.82, 2.24) is 10.2 Å². The van der Waals surface area contributed by atoms with Gasteiger partial charge >= 0.3 is 0 Å². The molecule has 19 heavy (non-hydrogen) atoms. The van der Waals surface area contributed by atoms with Gasteiger partial charge in [-0.2, -0.15) is 0 Å². The van der Waals surface area contributed by atoms with E-state index in [0.29, 0.717) is 18.8 Å². The summed E-state index contributed by atoms with van der Waals surface area (Å²) < 4.78 is 5.12. The Kier molecular flexibility index (Phi) is 2.69. The van der Waals surface area contributed by atoms with Crippen molar-refractivity contribution in [1.29, 1.82) is 5.41 Å². The minimum Gasteiger partial charge on any atom is -0.497 e. The quantitative estimate of drug-likeness (QED) is 0.855. The number of nitrogens with zero attached hydrogens (tertiary/aromatic N) is 1. The van der Waals surface area contributed by atoms with E-state index in [1.54, 1.807) is 7.11 Å². The van der Waals surface area contributed by atoms with Crippen LogP contribution in [0.2, 0.25) is 0 Å². The molecule has 1 aromatic carbocycles. The molecule has 1 aromatic rings. The number of hydrogen-bond acceptors (Lipinski definition) is 3. The van der Waals surface area contributed by atoms with E-state index in [0.717, 1.165) is 24.3 Å². The van der Waals surface area contributed by atoms with E-state index in [-0.39, 0.29) is 11.4 Å². The second kappa shape index (κ2) is 4.26. The van der Waals surface area contributed by atoms with Crippen LogP contribution in [0.5, 0.6) is 5.75 Å². The Morgan fingerprint density at radius 1 is 1.42 bits per heavy atom. The van der Waals surface area contributed by atoms with Crippen LogP contribution in [0.4, 0.5) is 0 Å². The molecule has 0 aliphatic carbocycles. The molecule has 2 heterocycles. The molecule has 2 aliphatic rings. The summed E-state index contributed by atoms with van der Waals surface area (Å²) in [7, 11) is 1.65. The molecule has 0 radical (unpaired) electrons. The molecule has 1 amide bonds. The largest absolute Gasteiger partial charge is 0.497 e. The van der Waals surface area contributed by atoms with Crippen LogP contribution in [0, 0.1) is 5.41 Å². The van der Waals surface area contributed by atoms with Crippen LogP contribution < -0.4 is 10.1 Å². The normalized spacial score (nSPS) is 25.4. The van der Waals surface area contributed by atoms with E-state index in [9.17, 15) is 4.79 Å². The Morgan fingerprint density at radius 3 is 2.68 bits per heavy atom. The zero-order valence-electron chi connectivity index (χ0n) is 10.9. The van der Waals surface area contributed by atoms with Gasteiger partial charge in [0, 0.05) is 19.5 Å². The van der Waals surface area contributed by atoms with E-state index in [1.165, 1.54) is 0 Å². The Labute approximate surface area is 112 Å². The molecule has 3 rings (SSSR count). The first kappa shape index (κ1) is 12.0. The summed E-state index contributed by atoms with van der Waals surface area (Å²) in [4.78, 5) is 13.3. The van der Waals surface area contributed by atoms with Crippen LogP contribution in [-0.4, -0.2) is 35.8 Å². The van der Waals surface area contributed by atoms with Crippen molar-refractivity contribution >= 4 is 11.7 Å². The van der Waals surface area contributed by atoms with E-state index in [1.807, 2.05) is 29.2 Å². The van der Waals surface area contributed by atoms with Gasteiger partial charge in [0.2, 0.25) is 5.91 Å². The molecule has 2 fully saturated rings. The lowest BCUT2D eigenvalue weighted by molar-refractivity contribution is -0.119. The summed E-state index contributed by atoms with van der Waals surface area (Å²) in [6, 6.07) is 7.85. The highest BCUT2D eigenvalue weighted by molar-refractivity contribution is 6.01. The molecule has 2 aliphatic heterocycles. The number of ether oxygens (including phenoxy) is 1. The van der Waals surface area contributed by atoms with Crippen LogP contribution in [0.3, 0.4) is 0 Å². The third-order valence-corrected chi connectivity index (χ3v) is 3.92. The lowest BCUT2D eigenvalue weighted by atomic mass is 9.86. The molecule has 2 N–H and O–H groups in total. The fourth-order valence-corrected chi connectivity index (χ4v) is 2.79. The molecule has 2 saturated heterocycles. The van der Waals surface area contributed by atoms with Crippen molar-refractivity contribution in [3.05, 3.63) is 29.8 Å². The topological polar surface area (TPSA) is 65.4 Å². The fraction of sp³-hybridized carbons (Fsp3) is 0.429. The summed E-state index contributed by atoms with van der Waals surface area (Å²) in [6.07, 6.45) is 1.29. The Morgan fingerprint density at radius 2 is 2.16 bits per heavy atom. The molecular weight excluding hydrogens is 242 g/mol. The SMILES string of the molecule is COc1ccc(CN2CC3(CCC(=O)N3)C2=N)cc1. The molecule has 100 valence electrons. The van der Waals surface area contributed by atoms with Crippen LogP contribution >= 0.6 is 0 Å². The monoisotopic (exact) mass is 259 g/mol. The zero-order valence-corrected chi connectivity index (χ0v) is 10.9. The van der Waals surface area contributed by atoms with Crippen LogP contribution in [0.15, 0.2) is 24.3 Å². The van der Waals surface area contributed by atoms with Crippen molar-refractivity contribution in [2.24, 2.45) is 0 Å². The van der Waals surface area contributed by atoms with Crippen molar-refractivity contribution in [2.75, 3.05) is 13.7 Å². The smallest absolute Gasteiger partial charge is 0.220 e. The number of amidine groups is 1. The molecule has 1 unspecified atom stereocenters. The predicted octanol–water partition coefficient (Wildman–Crippen LogP) is 1.14. The molecular formula is C14H17N3O2. The van der Waals surface area contributed by atoms with E-state index >= 15 is 0 Å². The van der Waals surface area contributed by atoms with Gasteiger partial charge in [-0.3, -0.25) is 10.2 Å².